The topological polar surface area (TPSA) is 98.7 Å². The molecule has 2 saturated heterocycles. The Hall–Kier alpha value is -2.55. The van der Waals surface area contributed by atoms with E-state index in [1.165, 1.54) is 0 Å². The molecule has 2 aromatic rings. The molecule has 8 nitrogen and oxygen atoms in total. The average molecular weight is 524 g/mol. The number of hydrogen-bond donors (Lipinski definition) is 2. The summed E-state index contributed by atoms with van der Waals surface area (Å²) in [5, 5.41) is 14.7. The molecule has 6 rings (SSSR count). The molecule has 0 radical (unpaired) electrons. The summed E-state index contributed by atoms with van der Waals surface area (Å²) in [5.41, 5.74) is 2.73. The van der Waals surface area contributed by atoms with E-state index >= 15 is 0 Å². The molecular weight excluding hydrogens is 490 g/mol. The van der Waals surface area contributed by atoms with Crippen molar-refractivity contribution < 1.29 is 14.7 Å². The van der Waals surface area contributed by atoms with Gasteiger partial charge in [-0.1, -0.05) is 30.7 Å². The van der Waals surface area contributed by atoms with Gasteiger partial charge in [0.05, 0.1) is 17.7 Å². The van der Waals surface area contributed by atoms with E-state index in [0.717, 1.165) is 42.0 Å². The van der Waals surface area contributed by atoms with Gasteiger partial charge in [-0.3, -0.25) is 9.59 Å². The highest BCUT2D eigenvalue weighted by Crippen LogP contribution is 2.46. The van der Waals surface area contributed by atoms with Crippen LogP contribution in [0.5, 0.6) is 0 Å². The second-order valence-corrected chi connectivity index (χ2v) is 11.8. The van der Waals surface area contributed by atoms with Gasteiger partial charge in [-0.25, -0.2) is 9.97 Å². The van der Waals surface area contributed by atoms with Gasteiger partial charge in [-0.05, 0) is 48.3 Å². The van der Waals surface area contributed by atoms with Crippen molar-refractivity contribution in [3.63, 3.8) is 0 Å². The SMILES string of the molecule is C[C@@H]1C[C@@H](O)c2ncnc(N3CCN(C(=O)[C@@H](c4ccc(Cl)cc4)[C@@H]4CC5(CCC(=O)C5)CN4)CC3)c21. The number of piperazine rings is 1. The first kappa shape index (κ1) is 24.8. The fraction of sp³-hybridized carbons (Fsp3) is 0.571. The monoisotopic (exact) mass is 523 g/mol. The summed E-state index contributed by atoms with van der Waals surface area (Å²) < 4.78 is 0. The molecule has 3 heterocycles. The number of fused-ring (bicyclic) bond motifs is 1. The third-order valence-corrected chi connectivity index (χ3v) is 9.22. The maximum Gasteiger partial charge on any atom is 0.231 e. The van der Waals surface area contributed by atoms with E-state index in [1.54, 1.807) is 6.33 Å². The summed E-state index contributed by atoms with van der Waals surface area (Å²) in [6, 6.07) is 7.62. The lowest BCUT2D eigenvalue weighted by Crippen LogP contribution is -2.52. The van der Waals surface area contributed by atoms with Crippen LogP contribution in [0, 0.1) is 5.41 Å². The number of aromatic nitrogens is 2. The van der Waals surface area contributed by atoms with E-state index < -0.39 is 6.10 Å². The number of nitrogens with zero attached hydrogens (tertiary/aromatic N) is 4. The van der Waals surface area contributed by atoms with Crippen LogP contribution < -0.4 is 10.2 Å². The minimum atomic E-state index is -0.535. The number of halogens is 1. The van der Waals surface area contributed by atoms with Gasteiger partial charge in [0, 0.05) is 62.2 Å². The van der Waals surface area contributed by atoms with Crippen LogP contribution in [0.1, 0.15) is 73.8 Å². The maximum absolute atomic E-state index is 14.1. The molecule has 9 heteroatoms. The summed E-state index contributed by atoms with van der Waals surface area (Å²) in [4.78, 5) is 39.3. The first-order chi connectivity index (χ1) is 17.8. The maximum atomic E-state index is 14.1. The van der Waals surface area contributed by atoms with Crippen molar-refractivity contribution in [2.24, 2.45) is 5.41 Å². The Morgan fingerprint density at radius 2 is 1.95 bits per heavy atom. The van der Waals surface area contributed by atoms with Crippen molar-refractivity contribution in [3.8, 4) is 0 Å². The molecule has 1 saturated carbocycles. The third kappa shape index (κ3) is 4.53. The molecule has 4 aliphatic rings. The third-order valence-electron chi connectivity index (χ3n) is 8.97. The minimum Gasteiger partial charge on any atom is -0.387 e. The quantitative estimate of drug-likeness (QED) is 0.635. The summed E-state index contributed by atoms with van der Waals surface area (Å²) in [6.45, 7) is 5.48. The molecule has 1 aromatic carbocycles. The van der Waals surface area contributed by atoms with E-state index in [-0.39, 0.29) is 29.2 Å². The largest absolute Gasteiger partial charge is 0.387 e. The van der Waals surface area contributed by atoms with E-state index in [0.29, 0.717) is 56.2 Å². The first-order valence-corrected chi connectivity index (χ1v) is 13.8. The molecule has 1 unspecified atom stereocenters. The van der Waals surface area contributed by atoms with E-state index in [9.17, 15) is 14.7 Å². The number of aliphatic hydroxyl groups excluding tert-OH is 1. The molecule has 1 amide bonds. The van der Waals surface area contributed by atoms with Crippen molar-refractivity contribution >= 4 is 29.1 Å². The van der Waals surface area contributed by atoms with Crippen LogP contribution >= 0.6 is 11.6 Å². The van der Waals surface area contributed by atoms with Crippen molar-refractivity contribution in [3.05, 3.63) is 52.4 Å². The number of amides is 1. The highest BCUT2D eigenvalue weighted by molar-refractivity contribution is 6.30. The smallest absolute Gasteiger partial charge is 0.231 e. The lowest BCUT2D eigenvalue weighted by Gasteiger charge is -2.39. The fourth-order valence-electron chi connectivity index (χ4n) is 7.03. The predicted molar refractivity (Wildman–Crippen MR) is 141 cm³/mol. The molecule has 1 spiro atoms. The summed E-state index contributed by atoms with van der Waals surface area (Å²) in [7, 11) is 0. The molecule has 3 fully saturated rings. The van der Waals surface area contributed by atoms with Gasteiger partial charge in [-0.2, -0.15) is 0 Å². The number of benzene rings is 1. The summed E-state index contributed by atoms with van der Waals surface area (Å²) in [5.74, 6) is 1.24. The number of carbonyl (C=O) groups is 2. The average Bonchev–Trinajstić information content (AvgIpc) is 3.57. The Balaban J connectivity index is 1.20. The Morgan fingerprint density at radius 3 is 2.65 bits per heavy atom. The predicted octanol–water partition coefficient (Wildman–Crippen LogP) is 3.20. The molecule has 2 aliphatic carbocycles. The van der Waals surface area contributed by atoms with Crippen molar-refractivity contribution in [2.45, 2.75) is 63.0 Å². The van der Waals surface area contributed by atoms with Gasteiger partial charge in [0.15, 0.2) is 0 Å². The van der Waals surface area contributed by atoms with Gasteiger partial charge < -0.3 is 20.2 Å². The molecular formula is C28H34ClN5O3. The Kier molecular flexibility index (Phi) is 6.45. The number of hydrogen-bond acceptors (Lipinski definition) is 7. The van der Waals surface area contributed by atoms with E-state index in [4.69, 9.17) is 11.6 Å². The van der Waals surface area contributed by atoms with Gasteiger partial charge in [-0.15, -0.1) is 0 Å². The van der Waals surface area contributed by atoms with Gasteiger partial charge >= 0.3 is 0 Å². The van der Waals surface area contributed by atoms with Crippen LogP contribution in [-0.4, -0.2) is 70.4 Å². The number of aliphatic hydroxyl groups is 1. The first-order valence-electron chi connectivity index (χ1n) is 13.4. The molecule has 2 N–H and O–H groups in total. The molecule has 196 valence electrons. The highest BCUT2D eigenvalue weighted by Gasteiger charge is 2.48. The van der Waals surface area contributed by atoms with Crippen LogP contribution in [0.4, 0.5) is 5.82 Å². The van der Waals surface area contributed by atoms with Gasteiger partial charge in [0.1, 0.15) is 17.9 Å². The van der Waals surface area contributed by atoms with Crippen molar-refractivity contribution in [2.75, 3.05) is 37.6 Å². The number of ketones is 1. The Bertz CT molecular complexity index is 1200. The van der Waals surface area contributed by atoms with E-state index in [1.807, 2.05) is 29.2 Å². The van der Waals surface area contributed by atoms with Gasteiger partial charge in [0.2, 0.25) is 5.91 Å². The second-order valence-electron chi connectivity index (χ2n) is 11.4. The summed E-state index contributed by atoms with van der Waals surface area (Å²) in [6.07, 6.45) is 4.69. The molecule has 2 aliphatic heterocycles. The standard InChI is InChI=1S/C28H34ClN5O3/c1-17-12-22(36)25-23(17)26(32-16-31-25)33-8-10-34(11-9-33)27(37)24(18-2-4-19(29)5-3-18)21-14-28(15-30-21)7-6-20(35)13-28/h2-5,16-17,21-22,24,30,36H,6-15H2,1H3/t17-,21+,22-,24+,28?/m1/s1. The number of rotatable bonds is 4. The molecule has 37 heavy (non-hydrogen) atoms. The zero-order valence-corrected chi connectivity index (χ0v) is 22.0. The molecule has 5 atom stereocenters. The Morgan fingerprint density at radius 1 is 1.19 bits per heavy atom. The zero-order chi connectivity index (χ0) is 25.7. The summed E-state index contributed by atoms with van der Waals surface area (Å²) >= 11 is 6.17. The van der Waals surface area contributed by atoms with E-state index in [2.05, 4.69) is 27.1 Å². The molecule has 1 aromatic heterocycles. The second kappa shape index (κ2) is 9.64. The zero-order valence-electron chi connectivity index (χ0n) is 21.2. The number of Topliss-reactive ketones (excluding diaryl/α,β-unsaturated/α-hetero) is 1. The van der Waals surface area contributed by atoms with Crippen LogP contribution in [-0.2, 0) is 9.59 Å². The van der Waals surface area contributed by atoms with Gasteiger partial charge in [0.25, 0.3) is 0 Å². The highest BCUT2D eigenvalue weighted by atomic mass is 35.5. The Labute approximate surface area is 222 Å². The lowest BCUT2D eigenvalue weighted by molar-refractivity contribution is -0.133. The number of carbonyl (C=O) groups excluding carboxylic acids is 2. The van der Waals surface area contributed by atoms with Crippen LogP contribution in [0.25, 0.3) is 0 Å². The normalized spacial score (nSPS) is 30.2. The van der Waals surface area contributed by atoms with Crippen LogP contribution in [0.2, 0.25) is 5.02 Å². The van der Waals surface area contributed by atoms with Crippen LogP contribution in [0.3, 0.4) is 0 Å². The van der Waals surface area contributed by atoms with Crippen LogP contribution in [0.15, 0.2) is 30.6 Å². The number of nitrogens with one attached hydrogen (secondary N) is 1. The lowest BCUT2D eigenvalue weighted by atomic mass is 9.79. The minimum absolute atomic E-state index is 0.00919. The van der Waals surface area contributed by atoms with Crippen molar-refractivity contribution in [1.29, 1.82) is 0 Å². The fourth-order valence-corrected chi connectivity index (χ4v) is 7.15. The van der Waals surface area contributed by atoms with Crippen molar-refractivity contribution in [1.82, 2.24) is 20.2 Å². The number of anilines is 1. The molecule has 0 bridgehead atoms.